The number of hydrogen-bond acceptors (Lipinski definition) is 5. The summed E-state index contributed by atoms with van der Waals surface area (Å²) in [5.41, 5.74) is 1.54. The second-order valence-corrected chi connectivity index (χ2v) is 4.97. The van der Waals surface area contributed by atoms with E-state index >= 15 is 0 Å². The van der Waals surface area contributed by atoms with Crippen molar-refractivity contribution in [3.05, 3.63) is 38.8 Å². The van der Waals surface area contributed by atoms with Gasteiger partial charge in [-0.15, -0.1) is 10.2 Å². The molecule has 1 aromatic heterocycles. The SMILES string of the molecule is Cc1ccc(C#N)cc1OCc1nnc(Cl)s1. The summed E-state index contributed by atoms with van der Waals surface area (Å²) in [6.07, 6.45) is 0. The van der Waals surface area contributed by atoms with E-state index < -0.39 is 0 Å². The number of nitrogens with zero attached hydrogens (tertiary/aromatic N) is 3. The number of nitriles is 1. The van der Waals surface area contributed by atoms with Gasteiger partial charge in [-0.3, -0.25) is 0 Å². The molecule has 1 aromatic carbocycles. The number of aromatic nitrogens is 2. The third kappa shape index (κ3) is 2.93. The maximum absolute atomic E-state index is 8.80. The molecule has 2 aromatic rings. The van der Waals surface area contributed by atoms with Crippen molar-refractivity contribution in [2.24, 2.45) is 0 Å². The van der Waals surface area contributed by atoms with Crippen molar-refractivity contribution in [1.29, 1.82) is 5.26 Å². The molecule has 0 aliphatic rings. The predicted octanol–water partition coefficient (Wildman–Crippen LogP) is 2.95. The second kappa shape index (κ2) is 5.13. The molecule has 0 atom stereocenters. The van der Waals surface area contributed by atoms with Crippen molar-refractivity contribution in [3.8, 4) is 11.8 Å². The molecule has 0 bridgehead atoms. The minimum absolute atomic E-state index is 0.306. The minimum Gasteiger partial charge on any atom is -0.486 e. The smallest absolute Gasteiger partial charge is 0.207 e. The van der Waals surface area contributed by atoms with Crippen molar-refractivity contribution >= 4 is 22.9 Å². The van der Waals surface area contributed by atoms with Gasteiger partial charge in [0.1, 0.15) is 12.4 Å². The van der Waals surface area contributed by atoms with Crippen LogP contribution in [0.15, 0.2) is 18.2 Å². The molecule has 17 heavy (non-hydrogen) atoms. The Morgan fingerprint density at radius 3 is 2.94 bits per heavy atom. The Bertz CT molecular complexity index is 576. The summed E-state index contributed by atoms with van der Waals surface area (Å²) in [5.74, 6) is 0.676. The van der Waals surface area contributed by atoms with Crippen molar-refractivity contribution < 1.29 is 4.74 Å². The van der Waals surface area contributed by atoms with Gasteiger partial charge in [-0.25, -0.2) is 0 Å². The predicted molar refractivity (Wildman–Crippen MR) is 65.1 cm³/mol. The zero-order valence-electron chi connectivity index (χ0n) is 8.98. The summed E-state index contributed by atoms with van der Waals surface area (Å²) in [5, 5.41) is 17.0. The highest BCUT2D eigenvalue weighted by atomic mass is 35.5. The van der Waals surface area contributed by atoms with Gasteiger partial charge < -0.3 is 4.74 Å². The lowest BCUT2D eigenvalue weighted by Crippen LogP contribution is -1.97. The number of benzene rings is 1. The van der Waals surface area contributed by atoms with E-state index in [0.29, 0.717) is 27.4 Å². The summed E-state index contributed by atoms with van der Waals surface area (Å²) in [4.78, 5) is 0. The van der Waals surface area contributed by atoms with Crippen LogP contribution in [0.3, 0.4) is 0 Å². The molecule has 1 heterocycles. The molecule has 0 unspecified atom stereocenters. The fraction of sp³-hybridized carbons (Fsp3) is 0.182. The standard InChI is InChI=1S/C11H8ClN3OS/c1-7-2-3-8(5-13)4-9(7)16-6-10-14-15-11(12)17-10/h2-4H,6H2,1H3. The minimum atomic E-state index is 0.306. The second-order valence-electron chi connectivity index (χ2n) is 3.33. The zero-order chi connectivity index (χ0) is 12.3. The molecule has 0 fully saturated rings. The van der Waals surface area contributed by atoms with Gasteiger partial charge in [0.05, 0.1) is 11.6 Å². The molecule has 0 aliphatic heterocycles. The van der Waals surface area contributed by atoms with Crippen LogP contribution in [0, 0.1) is 18.3 Å². The normalized spacial score (nSPS) is 9.94. The highest BCUT2D eigenvalue weighted by molar-refractivity contribution is 7.15. The van der Waals surface area contributed by atoms with E-state index in [2.05, 4.69) is 16.3 Å². The Morgan fingerprint density at radius 2 is 2.29 bits per heavy atom. The van der Waals surface area contributed by atoms with Crippen LogP contribution in [0.1, 0.15) is 16.1 Å². The molecule has 0 radical (unpaired) electrons. The van der Waals surface area contributed by atoms with E-state index in [-0.39, 0.29) is 0 Å². The Morgan fingerprint density at radius 1 is 1.47 bits per heavy atom. The molecule has 0 aliphatic carbocycles. The van der Waals surface area contributed by atoms with Crippen LogP contribution in [0.2, 0.25) is 4.47 Å². The largest absolute Gasteiger partial charge is 0.486 e. The first-order chi connectivity index (χ1) is 8.19. The van der Waals surface area contributed by atoms with Crippen molar-refractivity contribution in [3.63, 3.8) is 0 Å². The van der Waals surface area contributed by atoms with Crippen molar-refractivity contribution in [1.82, 2.24) is 10.2 Å². The van der Waals surface area contributed by atoms with Crippen molar-refractivity contribution in [2.45, 2.75) is 13.5 Å². The fourth-order valence-corrected chi connectivity index (χ4v) is 2.04. The molecular formula is C11H8ClN3OS. The van der Waals surface area contributed by atoms with Gasteiger partial charge in [-0.1, -0.05) is 17.4 Å². The molecule has 0 amide bonds. The maximum Gasteiger partial charge on any atom is 0.207 e. The van der Waals surface area contributed by atoms with E-state index in [1.807, 2.05) is 13.0 Å². The van der Waals surface area contributed by atoms with Gasteiger partial charge in [0.2, 0.25) is 4.47 Å². The van der Waals surface area contributed by atoms with E-state index in [4.69, 9.17) is 21.6 Å². The molecule has 0 spiro atoms. The molecule has 86 valence electrons. The number of aryl methyl sites for hydroxylation is 1. The third-order valence-corrected chi connectivity index (χ3v) is 3.10. The van der Waals surface area contributed by atoms with Gasteiger partial charge in [-0.05, 0) is 36.2 Å². The van der Waals surface area contributed by atoms with E-state index in [0.717, 1.165) is 5.56 Å². The van der Waals surface area contributed by atoms with Gasteiger partial charge in [0.25, 0.3) is 0 Å². The number of rotatable bonds is 3. The van der Waals surface area contributed by atoms with Crippen LogP contribution in [-0.4, -0.2) is 10.2 Å². The molecule has 4 nitrogen and oxygen atoms in total. The van der Waals surface area contributed by atoms with Crippen molar-refractivity contribution in [2.75, 3.05) is 0 Å². The third-order valence-electron chi connectivity index (χ3n) is 2.11. The summed E-state index contributed by atoms with van der Waals surface area (Å²) in [6, 6.07) is 7.38. The highest BCUT2D eigenvalue weighted by Gasteiger charge is 2.05. The molecule has 6 heteroatoms. The first kappa shape index (κ1) is 11.8. The first-order valence-electron chi connectivity index (χ1n) is 4.80. The molecule has 0 saturated heterocycles. The lowest BCUT2D eigenvalue weighted by atomic mass is 10.1. The molecule has 0 saturated carbocycles. The summed E-state index contributed by atoms with van der Waals surface area (Å²) in [6.45, 7) is 2.23. The van der Waals surface area contributed by atoms with Crippen LogP contribution in [-0.2, 0) is 6.61 Å². The average Bonchev–Trinajstić information content (AvgIpc) is 2.74. The van der Waals surface area contributed by atoms with E-state index in [1.165, 1.54) is 11.3 Å². The van der Waals surface area contributed by atoms with Crippen LogP contribution in [0.4, 0.5) is 0 Å². The first-order valence-corrected chi connectivity index (χ1v) is 6.00. The van der Waals surface area contributed by atoms with Crippen LogP contribution < -0.4 is 4.74 Å². The summed E-state index contributed by atoms with van der Waals surface area (Å²) < 4.78 is 5.97. The monoisotopic (exact) mass is 265 g/mol. The topological polar surface area (TPSA) is 58.8 Å². The van der Waals surface area contributed by atoms with Gasteiger partial charge in [-0.2, -0.15) is 5.26 Å². The number of halogens is 1. The van der Waals surface area contributed by atoms with Crippen LogP contribution in [0.5, 0.6) is 5.75 Å². The number of hydrogen-bond donors (Lipinski definition) is 0. The Kier molecular flexibility index (Phi) is 3.57. The molecular weight excluding hydrogens is 258 g/mol. The Labute approximate surface area is 107 Å². The lowest BCUT2D eigenvalue weighted by Gasteiger charge is -2.07. The van der Waals surface area contributed by atoms with Gasteiger partial charge in [0.15, 0.2) is 5.01 Å². The Hall–Kier alpha value is -1.64. The fourth-order valence-electron chi connectivity index (χ4n) is 1.26. The quantitative estimate of drug-likeness (QED) is 0.856. The van der Waals surface area contributed by atoms with E-state index in [1.54, 1.807) is 12.1 Å². The highest BCUT2D eigenvalue weighted by Crippen LogP contribution is 2.22. The maximum atomic E-state index is 8.80. The van der Waals surface area contributed by atoms with Gasteiger partial charge >= 0.3 is 0 Å². The summed E-state index contributed by atoms with van der Waals surface area (Å²) >= 11 is 6.94. The van der Waals surface area contributed by atoms with Gasteiger partial charge in [0, 0.05) is 0 Å². The van der Waals surface area contributed by atoms with Crippen LogP contribution >= 0.6 is 22.9 Å². The number of ether oxygens (including phenoxy) is 1. The zero-order valence-corrected chi connectivity index (χ0v) is 10.5. The molecule has 0 N–H and O–H groups in total. The molecule has 2 rings (SSSR count). The van der Waals surface area contributed by atoms with Crippen LogP contribution in [0.25, 0.3) is 0 Å². The lowest BCUT2D eigenvalue weighted by molar-refractivity contribution is 0.302. The van der Waals surface area contributed by atoms with E-state index in [9.17, 15) is 0 Å². The summed E-state index contributed by atoms with van der Waals surface area (Å²) in [7, 11) is 0. The average molecular weight is 266 g/mol. The Balaban J connectivity index is 2.11.